The number of β-amino-alcohol motifs (C(OH)–C–C–N with tert-alkyl or cyclic N) is 1. The van der Waals surface area contributed by atoms with E-state index in [-0.39, 0.29) is 5.78 Å². The molecule has 1 fully saturated rings. The van der Waals surface area contributed by atoms with Crippen LogP contribution in [0.5, 0.6) is 0 Å². The normalized spacial score (nSPS) is 24.1. The number of hydrogen-bond acceptors (Lipinski definition) is 3. The fourth-order valence-electron chi connectivity index (χ4n) is 2.60. The van der Waals surface area contributed by atoms with Crippen molar-refractivity contribution in [2.75, 3.05) is 18.0 Å². The van der Waals surface area contributed by atoms with Gasteiger partial charge in [-0.15, -0.1) is 0 Å². The Morgan fingerprint density at radius 2 is 2.17 bits per heavy atom. The van der Waals surface area contributed by atoms with Gasteiger partial charge in [-0.05, 0) is 31.9 Å². The number of carbonyl (C=O) groups excluding carboxylic acids is 1. The van der Waals surface area contributed by atoms with Crippen molar-refractivity contribution < 1.29 is 9.90 Å². The number of piperidine rings is 1. The molecule has 0 aliphatic carbocycles. The van der Waals surface area contributed by atoms with Gasteiger partial charge in [0.1, 0.15) is 0 Å². The Morgan fingerprint density at radius 1 is 1.44 bits per heavy atom. The van der Waals surface area contributed by atoms with E-state index >= 15 is 0 Å². The second-order valence-corrected chi connectivity index (χ2v) is 5.32. The minimum Gasteiger partial charge on any atom is -0.388 e. The van der Waals surface area contributed by atoms with E-state index in [2.05, 4.69) is 4.90 Å². The summed E-state index contributed by atoms with van der Waals surface area (Å²) < 4.78 is 0. The van der Waals surface area contributed by atoms with Gasteiger partial charge in [0.25, 0.3) is 0 Å². The van der Waals surface area contributed by atoms with Gasteiger partial charge in [0.15, 0.2) is 5.78 Å². The van der Waals surface area contributed by atoms with Crippen molar-refractivity contribution in [3.05, 3.63) is 29.8 Å². The van der Waals surface area contributed by atoms with Gasteiger partial charge < -0.3 is 10.0 Å². The molecule has 1 aromatic carbocycles. The zero-order valence-electron chi connectivity index (χ0n) is 11.1. The highest BCUT2D eigenvalue weighted by molar-refractivity contribution is 6.01. The van der Waals surface area contributed by atoms with Crippen LogP contribution >= 0.6 is 0 Å². The molecule has 18 heavy (non-hydrogen) atoms. The van der Waals surface area contributed by atoms with E-state index in [4.69, 9.17) is 0 Å². The lowest BCUT2D eigenvalue weighted by atomic mass is 9.93. The lowest BCUT2D eigenvalue weighted by Gasteiger charge is -2.39. The summed E-state index contributed by atoms with van der Waals surface area (Å²) in [4.78, 5) is 14.1. The molecule has 2 rings (SSSR count). The van der Waals surface area contributed by atoms with E-state index in [1.165, 1.54) is 0 Å². The van der Waals surface area contributed by atoms with E-state index in [9.17, 15) is 9.90 Å². The molecule has 1 heterocycles. The van der Waals surface area contributed by atoms with Crippen molar-refractivity contribution in [3.8, 4) is 0 Å². The molecule has 3 heteroatoms. The van der Waals surface area contributed by atoms with Crippen LogP contribution < -0.4 is 4.90 Å². The minimum absolute atomic E-state index is 0.163. The number of anilines is 1. The molecule has 98 valence electrons. The molecule has 1 atom stereocenters. The van der Waals surface area contributed by atoms with Crippen LogP contribution in [-0.2, 0) is 0 Å². The van der Waals surface area contributed by atoms with Crippen molar-refractivity contribution in [2.45, 2.75) is 38.7 Å². The van der Waals surface area contributed by atoms with Crippen molar-refractivity contribution in [3.63, 3.8) is 0 Å². The molecule has 3 nitrogen and oxygen atoms in total. The molecule has 1 N–H and O–H groups in total. The molecule has 1 aromatic rings. The van der Waals surface area contributed by atoms with Crippen LogP contribution in [0.15, 0.2) is 24.3 Å². The monoisotopic (exact) mass is 247 g/mol. The van der Waals surface area contributed by atoms with Gasteiger partial charge in [0.2, 0.25) is 0 Å². The Balaban J connectivity index is 2.30. The number of carbonyl (C=O) groups is 1. The van der Waals surface area contributed by atoms with E-state index in [1.54, 1.807) is 0 Å². The maximum absolute atomic E-state index is 11.9. The third-order valence-electron chi connectivity index (χ3n) is 3.54. The number of nitrogens with zero attached hydrogens (tertiary/aromatic N) is 1. The average molecular weight is 247 g/mol. The molecule has 0 bridgehead atoms. The summed E-state index contributed by atoms with van der Waals surface area (Å²) in [6.45, 7) is 5.25. The number of rotatable bonds is 3. The third kappa shape index (κ3) is 2.72. The topological polar surface area (TPSA) is 40.5 Å². The van der Waals surface area contributed by atoms with Gasteiger partial charge >= 0.3 is 0 Å². The molecule has 1 unspecified atom stereocenters. The van der Waals surface area contributed by atoms with Crippen molar-refractivity contribution in [1.29, 1.82) is 0 Å². The highest BCUT2D eigenvalue weighted by Gasteiger charge is 2.29. The molecule has 0 radical (unpaired) electrons. The molecule has 0 spiro atoms. The van der Waals surface area contributed by atoms with Gasteiger partial charge in [-0.25, -0.2) is 0 Å². The predicted octanol–water partition coefficient (Wildman–Crippen LogP) is 2.63. The van der Waals surface area contributed by atoms with Gasteiger partial charge in [-0.1, -0.05) is 19.1 Å². The lowest BCUT2D eigenvalue weighted by Crippen LogP contribution is -2.46. The zero-order valence-corrected chi connectivity index (χ0v) is 11.1. The van der Waals surface area contributed by atoms with Gasteiger partial charge in [-0.2, -0.15) is 0 Å². The summed E-state index contributed by atoms with van der Waals surface area (Å²) in [7, 11) is 0. The lowest BCUT2D eigenvalue weighted by molar-refractivity contribution is 0.0448. The summed E-state index contributed by atoms with van der Waals surface area (Å²) in [5.41, 5.74) is 1.09. The molecule has 0 amide bonds. The zero-order chi connectivity index (χ0) is 13.2. The fourth-order valence-corrected chi connectivity index (χ4v) is 2.60. The maximum Gasteiger partial charge on any atom is 0.164 e. The van der Waals surface area contributed by atoms with E-state index < -0.39 is 5.60 Å². The van der Waals surface area contributed by atoms with Gasteiger partial charge in [-0.3, -0.25) is 4.79 Å². The largest absolute Gasteiger partial charge is 0.388 e. The van der Waals surface area contributed by atoms with Crippen LogP contribution in [0.3, 0.4) is 0 Å². The molecule has 0 aromatic heterocycles. The van der Waals surface area contributed by atoms with Gasteiger partial charge in [0, 0.05) is 30.8 Å². The molecule has 1 saturated heterocycles. The summed E-state index contributed by atoms with van der Waals surface area (Å²) in [6, 6.07) is 7.70. The first-order valence-corrected chi connectivity index (χ1v) is 6.63. The maximum atomic E-state index is 11.9. The number of benzene rings is 1. The first kappa shape index (κ1) is 13.1. The van der Waals surface area contributed by atoms with Crippen LogP contribution in [0.25, 0.3) is 0 Å². The Hall–Kier alpha value is -1.35. The number of aliphatic hydroxyl groups is 1. The van der Waals surface area contributed by atoms with Crippen LogP contribution in [0, 0.1) is 0 Å². The van der Waals surface area contributed by atoms with Crippen LogP contribution in [-0.4, -0.2) is 29.6 Å². The number of Topliss-reactive ketones (excluding diaryl/α,β-unsaturated/α-hetero) is 1. The first-order chi connectivity index (χ1) is 8.53. The van der Waals surface area contributed by atoms with Crippen LogP contribution in [0.2, 0.25) is 0 Å². The smallest absolute Gasteiger partial charge is 0.164 e. The number of para-hydroxylation sites is 1. The Kier molecular flexibility index (Phi) is 3.71. The summed E-state index contributed by atoms with van der Waals surface area (Å²) >= 11 is 0. The Labute approximate surface area is 108 Å². The second-order valence-electron chi connectivity index (χ2n) is 5.32. The average Bonchev–Trinajstić information content (AvgIpc) is 2.36. The molecule has 1 aliphatic heterocycles. The van der Waals surface area contributed by atoms with Crippen LogP contribution in [0.4, 0.5) is 5.69 Å². The minimum atomic E-state index is -0.652. The van der Waals surface area contributed by atoms with Crippen molar-refractivity contribution in [1.82, 2.24) is 0 Å². The van der Waals surface area contributed by atoms with E-state index in [1.807, 2.05) is 38.1 Å². The van der Waals surface area contributed by atoms with Crippen molar-refractivity contribution >= 4 is 11.5 Å². The standard InChI is InChI=1S/C15H21NO2/c1-3-14(17)12-7-4-5-8-13(12)16-10-6-9-15(2,18)11-16/h4-5,7-8,18H,3,6,9-11H2,1-2H3. The fraction of sp³-hybridized carbons (Fsp3) is 0.533. The first-order valence-electron chi connectivity index (χ1n) is 6.63. The predicted molar refractivity (Wildman–Crippen MR) is 73.1 cm³/mol. The highest BCUT2D eigenvalue weighted by atomic mass is 16.3. The Morgan fingerprint density at radius 3 is 2.83 bits per heavy atom. The third-order valence-corrected chi connectivity index (χ3v) is 3.54. The van der Waals surface area contributed by atoms with E-state index in [0.717, 1.165) is 30.6 Å². The molecular weight excluding hydrogens is 226 g/mol. The second kappa shape index (κ2) is 5.11. The molecule has 0 saturated carbocycles. The SMILES string of the molecule is CCC(=O)c1ccccc1N1CCCC(C)(O)C1. The summed E-state index contributed by atoms with van der Waals surface area (Å²) in [6.07, 6.45) is 2.30. The highest BCUT2D eigenvalue weighted by Crippen LogP contribution is 2.28. The number of ketones is 1. The summed E-state index contributed by atoms with van der Waals surface area (Å²) in [5, 5.41) is 10.2. The number of hydrogen-bond donors (Lipinski definition) is 1. The molecule has 1 aliphatic rings. The molecular formula is C15H21NO2. The van der Waals surface area contributed by atoms with Crippen LogP contribution in [0.1, 0.15) is 43.5 Å². The van der Waals surface area contributed by atoms with E-state index in [0.29, 0.717) is 13.0 Å². The summed E-state index contributed by atoms with van der Waals surface area (Å²) in [5.74, 6) is 0.163. The van der Waals surface area contributed by atoms with Gasteiger partial charge in [0.05, 0.1) is 5.60 Å². The quantitative estimate of drug-likeness (QED) is 0.835. The Bertz CT molecular complexity index is 440. The van der Waals surface area contributed by atoms with Crippen molar-refractivity contribution in [2.24, 2.45) is 0 Å².